The topological polar surface area (TPSA) is 71.5 Å². The molecule has 0 aromatic heterocycles. The van der Waals surface area contributed by atoms with E-state index in [4.69, 9.17) is 0 Å². The number of rotatable bonds is 3. The summed E-state index contributed by atoms with van der Waals surface area (Å²) in [6.07, 6.45) is 0. The first-order chi connectivity index (χ1) is 10.5. The molecule has 112 valence electrons. The van der Waals surface area contributed by atoms with Gasteiger partial charge in [-0.25, -0.2) is 8.42 Å². The lowest BCUT2D eigenvalue weighted by Crippen LogP contribution is -2.36. The second kappa shape index (κ2) is 5.33. The molecule has 2 aromatic rings. The molecule has 0 unspecified atom stereocenters. The number of halogens is 1. The van der Waals surface area contributed by atoms with Crippen LogP contribution >= 0.6 is 15.9 Å². The van der Waals surface area contributed by atoms with Crippen LogP contribution in [0.15, 0.2) is 53.4 Å². The van der Waals surface area contributed by atoms with Crippen LogP contribution in [0.4, 0.5) is 0 Å². The molecule has 2 amide bonds. The Morgan fingerprint density at radius 3 is 1.82 bits per heavy atom. The van der Waals surface area contributed by atoms with Crippen LogP contribution in [0.5, 0.6) is 0 Å². The molecule has 3 rings (SSSR count). The van der Waals surface area contributed by atoms with Gasteiger partial charge in [0.2, 0.25) is 0 Å². The molecule has 1 heterocycles. The number of alkyl halides is 1. The van der Waals surface area contributed by atoms with Crippen LogP contribution in [0.1, 0.15) is 26.3 Å². The predicted molar refractivity (Wildman–Crippen MR) is 83.2 cm³/mol. The first-order valence-electron chi connectivity index (χ1n) is 6.35. The van der Waals surface area contributed by atoms with Crippen molar-refractivity contribution in [3.63, 3.8) is 0 Å². The molecular formula is C15H10BrNO4S. The number of imide groups is 1. The van der Waals surface area contributed by atoms with Crippen LogP contribution in [0.3, 0.4) is 0 Å². The van der Waals surface area contributed by atoms with Crippen molar-refractivity contribution in [3.8, 4) is 0 Å². The summed E-state index contributed by atoms with van der Waals surface area (Å²) >= 11 is 3.27. The second-order valence-electron chi connectivity index (χ2n) is 4.70. The Hall–Kier alpha value is -1.99. The summed E-state index contributed by atoms with van der Waals surface area (Å²) in [7, 11) is -4.21. The lowest BCUT2D eigenvalue weighted by Gasteiger charge is -2.14. The summed E-state index contributed by atoms with van der Waals surface area (Å²) in [5.41, 5.74) is 1.10. The molecule has 0 atom stereocenters. The van der Waals surface area contributed by atoms with Gasteiger partial charge in [0.05, 0.1) is 16.0 Å². The summed E-state index contributed by atoms with van der Waals surface area (Å²) in [5.74, 6) is -1.63. The molecule has 2 aromatic carbocycles. The highest BCUT2D eigenvalue weighted by Gasteiger charge is 2.43. The predicted octanol–water partition coefficient (Wildman–Crippen LogP) is 2.57. The van der Waals surface area contributed by atoms with Crippen molar-refractivity contribution in [1.82, 2.24) is 4.31 Å². The molecule has 0 spiro atoms. The summed E-state index contributed by atoms with van der Waals surface area (Å²) in [6.45, 7) is 0. The first kappa shape index (κ1) is 14.9. The van der Waals surface area contributed by atoms with Crippen molar-refractivity contribution >= 4 is 37.8 Å². The number of sulfonamides is 1. The maximum Gasteiger partial charge on any atom is 0.275 e. The minimum atomic E-state index is -4.21. The van der Waals surface area contributed by atoms with E-state index in [0.717, 1.165) is 5.56 Å². The Kier molecular flexibility index (Phi) is 3.62. The van der Waals surface area contributed by atoms with E-state index in [1.807, 2.05) is 0 Å². The summed E-state index contributed by atoms with van der Waals surface area (Å²) < 4.78 is 25.5. The van der Waals surface area contributed by atoms with Gasteiger partial charge < -0.3 is 0 Å². The van der Waals surface area contributed by atoms with Gasteiger partial charge in [0.1, 0.15) is 0 Å². The smallest absolute Gasteiger partial charge is 0.267 e. The van der Waals surface area contributed by atoms with Gasteiger partial charge >= 0.3 is 0 Å². The molecule has 0 saturated heterocycles. The molecule has 5 nitrogen and oxygen atoms in total. The molecular weight excluding hydrogens is 370 g/mol. The highest BCUT2D eigenvalue weighted by molar-refractivity contribution is 9.08. The van der Waals surface area contributed by atoms with E-state index < -0.39 is 21.8 Å². The largest absolute Gasteiger partial charge is 0.275 e. The van der Waals surface area contributed by atoms with Gasteiger partial charge in [-0.2, -0.15) is 4.31 Å². The fourth-order valence-corrected chi connectivity index (χ4v) is 3.94. The number of amides is 2. The maximum absolute atomic E-state index is 12.6. The number of hydrogen-bond acceptors (Lipinski definition) is 4. The van der Waals surface area contributed by atoms with Crippen LogP contribution in [-0.2, 0) is 15.4 Å². The molecule has 1 aliphatic rings. The third-order valence-electron chi connectivity index (χ3n) is 3.37. The minimum absolute atomic E-state index is 0.0910. The SMILES string of the molecule is O=C1c2ccccc2C(=O)N1S(=O)(=O)c1ccc(CBr)cc1. The number of carbonyl (C=O) groups excluding carboxylic acids is 2. The van der Waals surface area contributed by atoms with Crippen molar-refractivity contribution in [3.05, 3.63) is 65.2 Å². The Labute approximate surface area is 135 Å². The molecule has 0 fully saturated rings. The van der Waals surface area contributed by atoms with Gasteiger partial charge in [0.15, 0.2) is 0 Å². The maximum atomic E-state index is 12.6. The Bertz CT molecular complexity index is 840. The van der Waals surface area contributed by atoms with Crippen molar-refractivity contribution in [1.29, 1.82) is 0 Å². The minimum Gasteiger partial charge on any atom is -0.267 e. The summed E-state index contributed by atoms with van der Waals surface area (Å²) in [6, 6.07) is 12.1. The van der Waals surface area contributed by atoms with Gasteiger partial charge in [-0.15, -0.1) is 0 Å². The standard InChI is InChI=1S/C15H10BrNO4S/c16-9-10-5-7-11(8-6-10)22(20,21)17-14(18)12-3-1-2-4-13(12)15(17)19/h1-8H,9H2. The summed E-state index contributed by atoms with van der Waals surface area (Å²) in [5, 5.41) is 0.584. The van der Waals surface area contributed by atoms with Crippen LogP contribution in [-0.4, -0.2) is 24.5 Å². The van der Waals surface area contributed by atoms with E-state index in [9.17, 15) is 18.0 Å². The third kappa shape index (κ3) is 2.17. The highest BCUT2D eigenvalue weighted by atomic mass is 79.9. The van der Waals surface area contributed by atoms with E-state index in [1.54, 1.807) is 24.3 Å². The zero-order valence-electron chi connectivity index (χ0n) is 11.2. The second-order valence-corrected chi connectivity index (χ2v) is 7.05. The quantitative estimate of drug-likeness (QED) is 0.606. The molecule has 22 heavy (non-hydrogen) atoms. The van der Waals surface area contributed by atoms with Gasteiger partial charge in [0.25, 0.3) is 21.8 Å². The lowest BCUT2D eigenvalue weighted by molar-refractivity contribution is 0.0765. The fraction of sp³-hybridized carbons (Fsp3) is 0.0667. The third-order valence-corrected chi connectivity index (χ3v) is 5.70. The van der Waals surface area contributed by atoms with Gasteiger partial charge in [-0.05, 0) is 29.8 Å². The molecule has 7 heteroatoms. The van der Waals surface area contributed by atoms with Gasteiger partial charge in [-0.1, -0.05) is 40.2 Å². The van der Waals surface area contributed by atoms with Crippen molar-refractivity contribution in [2.75, 3.05) is 0 Å². The Morgan fingerprint density at radius 1 is 0.864 bits per heavy atom. The zero-order chi connectivity index (χ0) is 15.9. The van der Waals surface area contributed by atoms with Crippen LogP contribution < -0.4 is 0 Å². The number of hydrogen-bond donors (Lipinski definition) is 0. The van der Waals surface area contributed by atoms with E-state index in [1.165, 1.54) is 24.3 Å². The average molecular weight is 380 g/mol. The van der Waals surface area contributed by atoms with Gasteiger partial charge in [-0.3, -0.25) is 9.59 Å². The molecule has 0 saturated carbocycles. The van der Waals surface area contributed by atoms with E-state index in [-0.39, 0.29) is 16.0 Å². The zero-order valence-corrected chi connectivity index (χ0v) is 13.6. The van der Waals surface area contributed by atoms with Crippen molar-refractivity contribution < 1.29 is 18.0 Å². The fourth-order valence-electron chi connectivity index (χ4n) is 2.24. The number of fused-ring (bicyclic) bond motifs is 1. The van der Waals surface area contributed by atoms with Crippen LogP contribution in [0, 0.1) is 0 Å². The summed E-state index contributed by atoms with van der Waals surface area (Å²) in [4.78, 5) is 24.4. The van der Waals surface area contributed by atoms with Crippen molar-refractivity contribution in [2.24, 2.45) is 0 Å². The first-order valence-corrected chi connectivity index (χ1v) is 8.91. The molecule has 0 radical (unpaired) electrons. The number of benzene rings is 2. The van der Waals surface area contributed by atoms with E-state index in [0.29, 0.717) is 9.64 Å². The van der Waals surface area contributed by atoms with Crippen molar-refractivity contribution in [2.45, 2.75) is 10.2 Å². The van der Waals surface area contributed by atoms with Gasteiger partial charge in [0, 0.05) is 5.33 Å². The lowest BCUT2D eigenvalue weighted by atomic mass is 10.1. The normalized spacial score (nSPS) is 14.3. The average Bonchev–Trinajstić information content (AvgIpc) is 2.80. The van der Waals surface area contributed by atoms with E-state index in [2.05, 4.69) is 15.9 Å². The molecule has 1 aliphatic heterocycles. The highest BCUT2D eigenvalue weighted by Crippen LogP contribution is 2.28. The molecule has 0 aliphatic carbocycles. The Balaban J connectivity index is 2.07. The van der Waals surface area contributed by atoms with Crippen LogP contribution in [0.2, 0.25) is 0 Å². The number of nitrogens with zero attached hydrogens (tertiary/aromatic N) is 1. The number of carbonyl (C=O) groups is 2. The molecule has 0 bridgehead atoms. The Morgan fingerprint density at radius 2 is 1.36 bits per heavy atom. The van der Waals surface area contributed by atoms with E-state index >= 15 is 0 Å². The van der Waals surface area contributed by atoms with Crippen LogP contribution in [0.25, 0.3) is 0 Å². The molecule has 0 N–H and O–H groups in total. The monoisotopic (exact) mass is 379 g/mol.